The largest absolute Gasteiger partial charge is 0.480 e. The topological polar surface area (TPSA) is 113 Å². The minimum absolute atomic E-state index is 0.0309. The maximum absolute atomic E-state index is 12.6. The summed E-state index contributed by atoms with van der Waals surface area (Å²) in [5.41, 5.74) is 6.76. The summed E-state index contributed by atoms with van der Waals surface area (Å²) in [4.78, 5) is 38.2. The summed E-state index contributed by atoms with van der Waals surface area (Å²) in [7, 11) is 0. The Morgan fingerprint density at radius 1 is 1.27 bits per heavy atom. The fourth-order valence-electron chi connectivity index (χ4n) is 3.10. The molecular formula is C19H27N3O4. The molecule has 1 fully saturated rings. The van der Waals surface area contributed by atoms with Crippen LogP contribution in [0.25, 0.3) is 0 Å². The number of nitrogens with zero attached hydrogens (tertiary/aromatic N) is 1. The molecule has 0 aliphatic carbocycles. The zero-order valence-corrected chi connectivity index (χ0v) is 15.2. The molecule has 3 atom stereocenters. The lowest BCUT2D eigenvalue weighted by Crippen LogP contribution is -2.55. The summed E-state index contributed by atoms with van der Waals surface area (Å²) >= 11 is 0. The SMILES string of the molecule is CC(C)C(N)C(=O)N1CCCC1C(=O)NC(Cc1ccccc1)C(=O)O. The van der Waals surface area contributed by atoms with Crippen LogP contribution in [0, 0.1) is 5.92 Å². The number of aliphatic carboxylic acids is 1. The summed E-state index contributed by atoms with van der Waals surface area (Å²) < 4.78 is 0. The van der Waals surface area contributed by atoms with E-state index in [1.165, 1.54) is 4.90 Å². The molecule has 1 aromatic rings. The number of carbonyl (C=O) groups is 3. The molecule has 1 aliphatic heterocycles. The Morgan fingerprint density at radius 2 is 1.92 bits per heavy atom. The molecule has 7 heteroatoms. The first kappa shape index (κ1) is 19.9. The van der Waals surface area contributed by atoms with Gasteiger partial charge in [-0.3, -0.25) is 9.59 Å². The van der Waals surface area contributed by atoms with E-state index >= 15 is 0 Å². The van der Waals surface area contributed by atoms with Crippen LogP contribution in [-0.4, -0.2) is 52.5 Å². The number of nitrogens with two attached hydrogens (primary N) is 1. The van der Waals surface area contributed by atoms with Gasteiger partial charge in [-0.25, -0.2) is 4.79 Å². The number of carboxylic acid groups (broad SMARTS) is 1. The fraction of sp³-hybridized carbons (Fsp3) is 0.526. The van der Waals surface area contributed by atoms with Crippen molar-refractivity contribution in [2.45, 2.75) is 51.2 Å². The molecule has 0 spiro atoms. The lowest BCUT2D eigenvalue weighted by Gasteiger charge is -2.29. The number of likely N-dealkylation sites (tertiary alicyclic amines) is 1. The molecule has 0 radical (unpaired) electrons. The van der Waals surface area contributed by atoms with E-state index in [4.69, 9.17) is 5.73 Å². The number of amides is 2. The molecule has 3 unspecified atom stereocenters. The Kier molecular flexibility index (Phi) is 6.74. The molecule has 1 aromatic carbocycles. The number of benzene rings is 1. The van der Waals surface area contributed by atoms with Gasteiger partial charge in [0, 0.05) is 13.0 Å². The molecule has 7 nitrogen and oxygen atoms in total. The lowest BCUT2D eigenvalue weighted by atomic mass is 10.0. The molecule has 0 aromatic heterocycles. The lowest BCUT2D eigenvalue weighted by molar-refractivity contribution is -0.144. The quantitative estimate of drug-likeness (QED) is 0.664. The van der Waals surface area contributed by atoms with Gasteiger partial charge in [-0.05, 0) is 24.3 Å². The highest BCUT2D eigenvalue weighted by molar-refractivity contribution is 5.92. The summed E-state index contributed by atoms with van der Waals surface area (Å²) in [5.74, 6) is -1.82. The average molecular weight is 361 g/mol. The number of rotatable bonds is 7. The van der Waals surface area contributed by atoms with Crippen molar-refractivity contribution in [3.63, 3.8) is 0 Å². The molecule has 2 rings (SSSR count). The molecule has 26 heavy (non-hydrogen) atoms. The molecular weight excluding hydrogens is 334 g/mol. The van der Waals surface area contributed by atoms with Crippen molar-refractivity contribution in [3.8, 4) is 0 Å². The zero-order chi connectivity index (χ0) is 19.3. The third-order valence-corrected chi connectivity index (χ3v) is 4.74. The van der Waals surface area contributed by atoms with E-state index in [9.17, 15) is 19.5 Å². The fourth-order valence-corrected chi connectivity index (χ4v) is 3.10. The normalized spacial score (nSPS) is 19.2. The Labute approximate surface area is 153 Å². The maximum atomic E-state index is 12.6. The van der Waals surface area contributed by atoms with Gasteiger partial charge in [-0.2, -0.15) is 0 Å². The van der Waals surface area contributed by atoms with Gasteiger partial charge in [0.25, 0.3) is 0 Å². The van der Waals surface area contributed by atoms with Gasteiger partial charge in [-0.15, -0.1) is 0 Å². The third-order valence-electron chi connectivity index (χ3n) is 4.74. The summed E-state index contributed by atoms with van der Waals surface area (Å²) in [6.07, 6.45) is 1.40. The number of hydrogen-bond acceptors (Lipinski definition) is 4. The van der Waals surface area contributed by atoms with Crippen LogP contribution >= 0.6 is 0 Å². The number of nitrogens with one attached hydrogen (secondary N) is 1. The number of carbonyl (C=O) groups excluding carboxylic acids is 2. The van der Waals surface area contributed by atoms with E-state index in [-0.39, 0.29) is 18.2 Å². The van der Waals surface area contributed by atoms with Gasteiger partial charge >= 0.3 is 5.97 Å². The van der Waals surface area contributed by atoms with Crippen LogP contribution in [0.4, 0.5) is 0 Å². The maximum Gasteiger partial charge on any atom is 0.326 e. The minimum Gasteiger partial charge on any atom is -0.480 e. The smallest absolute Gasteiger partial charge is 0.326 e. The summed E-state index contributed by atoms with van der Waals surface area (Å²) in [5, 5.41) is 12.0. The second kappa shape index (κ2) is 8.80. The van der Waals surface area contributed by atoms with Gasteiger partial charge in [0.2, 0.25) is 11.8 Å². The van der Waals surface area contributed by atoms with E-state index in [2.05, 4.69) is 5.32 Å². The molecule has 2 amide bonds. The van der Waals surface area contributed by atoms with Crippen LogP contribution in [-0.2, 0) is 20.8 Å². The second-order valence-corrected chi connectivity index (χ2v) is 7.05. The second-order valence-electron chi connectivity index (χ2n) is 7.05. The van der Waals surface area contributed by atoms with E-state index in [1.54, 1.807) is 0 Å². The molecule has 1 saturated heterocycles. The number of carboxylic acids is 1. The summed E-state index contributed by atoms with van der Waals surface area (Å²) in [6, 6.07) is 6.75. The first-order valence-electron chi connectivity index (χ1n) is 8.94. The molecule has 0 bridgehead atoms. The Morgan fingerprint density at radius 3 is 2.50 bits per heavy atom. The standard InChI is InChI=1S/C19H27N3O4/c1-12(2)16(20)18(24)22-10-6-9-15(22)17(23)21-14(19(25)26)11-13-7-4-3-5-8-13/h3-5,7-8,12,14-16H,6,9-11,20H2,1-2H3,(H,21,23)(H,25,26). The summed E-state index contributed by atoms with van der Waals surface area (Å²) in [6.45, 7) is 4.18. The predicted octanol–water partition coefficient (Wildman–Crippen LogP) is 0.773. The van der Waals surface area contributed by atoms with Crippen molar-refractivity contribution >= 4 is 17.8 Å². The first-order valence-corrected chi connectivity index (χ1v) is 8.94. The molecule has 1 aliphatic rings. The Bertz CT molecular complexity index is 647. The van der Waals surface area contributed by atoms with Gasteiger partial charge in [0.15, 0.2) is 0 Å². The molecule has 142 valence electrons. The van der Waals surface area contributed by atoms with Crippen molar-refractivity contribution in [2.75, 3.05) is 6.54 Å². The van der Waals surface area contributed by atoms with E-state index in [0.717, 1.165) is 5.56 Å². The van der Waals surface area contributed by atoms with Crippen LogP contribution in [0.15, 0.2) is 30.3 Å². The molecule has 1 heterocycles. The highest BCUT2D eigenvalue weighted by Gasteiger charge is 2.38. The molecule has 4 N–H and O–H groups in total. The van der Waals surface area contributed by atoms with Crippen molar-refractivity contribution in [1.82, 2.24) is 10.2 Å². The zero-order valence-electron chi connectivity index (χ0n) is 15.2. The van der Waals surface area contributed by atoms with Crippen LogP contribution < -0.4 is 11.1 Å². The van der Waals surface area contributed by atoms with E-state index < -0.39 is 30.0 Å². The Balaban J connectivity index is 2.05. The highest BCUT2D eigenvalue weighted by Crippen LogP contribution is 2.20. The van der Waals surface area contributed by atoms with Gasteiger partial charge in [0.1, 0.15) is 12.1 Å². The van der Waals surface area contributed by atoms with Crippen molar-refractivity contribution in [3.05, 3.63) is 35.9 Å². The van der Waals surface area contributed by atoms with Crippen LogP contribution in [0.1, 0.15) is 32.3 Å². The van der Waals surface area contributed by atoms with E-state index in [1.807, 2.05) is 44.2 Å². The Hall–Kier alpha value is -2.41. The van der Waals surface area contributed by atoms with Crippen molar-refractivity contribution in [1.29, 1.82) is 0 Å². The van der Waals surface area contributed by atoms with Crippen LogP contribution in [0.3, 0.4) is 0 Å². The van der Waals surface area contributed by atoms with E-state index in [0.29, 0.717) is 19.4 Å². The predicted molar refractivity (Wildman–Crippen MR) is 97.3 cm³/mol. The third kappa shape index (κ3) is 4.82. The van der Waals surface area contributed by atoms with Gasteiger partial charge in [0.05, 0.1) is 6.04 Å². The van der Waals surface area contributed by atoms with Crippen LogP contribution in [0.2, 0.25) is 0 Å². The number of hydrogen-bond donors (Lipinski definition) is 3. The van der Waals surface area contributed by atoms with Crippen LogP contribution in [0.5, 0.6) is 0 Å². The van der Waals surface area contributed by atoms with Gasteiger partial charge < -0.3 is 21.1 Å². The van der Waals surface area contributed by atoms with Crippen molar-refractivity contribution < 1.29 is 19.5 Å². The molecule has 0 saturated carbocycles. The average Bonchev–Trinajstić information content (AvgIpc) is 3.10. The first-order chi connectivity index (χ1) is 12.3. The minimum atomic E-state index is -1.10. The highest BCUT2D eigenvalue weighted by atomic mass is 16.4. The van der Waals surface area contributed by atoms with Crippen molar-refractivity contribution in [2.24, 2.45) is 11.7 Å². The van der Waals surface area contributed by atoms with Gasteiger partial charge in [-0.1, -0.05) is 44.2 Å². The monoisotopic (exact) mass is 361 g/mol.